The molecular formula is C15H17NO2S. The van der Waals surface area contributed by atoms with Crippen molar-refractivity contribution in [3.8, 4) is 5.75 Å². The van der Waals surface area contributed by atoms with Gasteiger partial charge in [-0.3, -0.25) is 9.69 Å². The second-order valence-corrected chi connectivity index (χ2v) is 5.37. The minimum absolute atomic E-state index is 0.167. The van der Waals surface area contributed by atoms with E-state index in [4.69, 9.17) is 4.74 Å². The highest BCUT2D eigenvalue weighted by Gasteiger charge is 2.10. The number of ether oxygens (including phenoxy) is 1. The second kappa shape index (κ2) is 6.50. The second-order valence-electron chi connectivity index (χ2n) is 4.42. The number of benzene rings is 1. The molecule has 2 rings (SSSR count). The fraction of sp³-hybridized carbons (Fsp3) is 0.267. The molecule has 2 aromatic rings. The Hall–Kier alpha value is -1.65. The standard InChI is InChI=1S/C15H17NO2S/c1-16(11-14(17)15-7-4-8-19-15)10-12-5-3-6-13(9-12)18-2/h3-9H,10-11H2,1-2H3. The lowest BCUT2D eigenvalue weighted by Crippen LogP contribution is -2.25. The molecule has 0 bridgehead atoms. The van der Waals surface area contributed by atoms with Gasteiger partial charge in [-0.25, -0.2) is 0 Å². The minimum Gasteiger partial charge on any atom is -0.497 e. The van der Waals surface area contributed by atoms with Crippen LogP contribution in [0.2, 0.25) is 0 Å². The van der Waals surface area contributed by atoms with E-state index in [0.29, 0.717) is 6.54 Å². The average Bonchev–Trinajstić information content (AvgIpc) is 2.92. The van der Waals surface area contributed by atoms with Crippen LogP contribution in [-0.4, -0.2) is 31.4 Å². The van der Waals surface area contributed by atoms with Crippen LogP contribution in [0.3, 0.4) is 0 Å². The van der Waals surface area contributed by atoms with Gasteiger partial charge in [0.25, 0.3) is 0 Å². The number of thiophene rings is 1. The first-order valence-electron chi connectivity index (χ1n) is 6.07. The van der Waals surface area contributed by atoms with Crippen molar-refractivity contribution >= 4 is 17.1 Å². The van der Waals surface area contributed by atoms with E-state index in [1.54, 1.807) is 7.11 Å². The van der Waals surface area contributed by atoms with Crippen LogP contribution in [0.15, 0.2) is 41.8 Å². The fourth-order valence-corrected chi connectivity index (χ4v) is 2.56. The number of carbonyl (C=O) groups is 1. The van der Waals surface area contributed by atoms with E-state index in [1.165, 1.54) is 11.3 Å². The third-order valence-corrected chi connectivity index (χ3v) is 3.71. The molecule has 19 heavy (non-hydrogen) atoms. The molecular weight excluding hydrogens is 258 g/mol. The molecule has 1 aromatic heterocycles. The molecule has 0 spiro atoms. The van der Waals surface area contributed by atoms with Gasteiger partial charge < -0.3 is 4.74 Å². The van der Waals surface area contributed by atoms with Crippen LogP contribution in [-0.2, 0) is 6.54 Å². The van der Waals surface area contributed by atoms with Gasteiger partial charge in [-0.1, -0.05) is 18.2 Å². The van der Waals surface area contributed by atoms with Crippen molar-refractivity contribution < 1.29 is 9.53 Å². The largest absolute Gasteiger partial charge is 0.497 e. The molecule has 0 radical (unpaired) electrons. The molecule has 1 aromatic carbocycles. The van der Waals surface area contributed by atoms with Crippen LogP contribution in [0.5, 0.6) is 5.75 Å². The van der Waals surface area contributed by atoms with Gasteiger partial charge in [0.15, 0.2) is 5.78 Å². The van der Waals surface area contributed by atoms with E-state index in [2.05, 4.69) is 0 Å². The molecule has 0 fully saturated rings. The first kappa shape index (κ1) is 13.8. The van der Waals surface area contributed by atoms with Crippen LogP contribution >= 0.6 is 11.3 Å². The maximum atomic E-state index is 12.0. The summed E-state index contributed by atoms with van der Waals surface area (Å²) in [4.78, 5) is 14.8. The molecule has 100 valence electrons. The molecule has 0 saturated heterocycles. The normalized spacial score (nSPS) is 10.7. The Kier molecular flexibility index (Phi) is 4.71. The summed E-state index contributed by atoms with van der Waals surface area (Å²) in [5.41, 5.74) is 1.14. The number of methoxy groups -OCH3 is 1. The number of hydrogen-bond donors (Lipinski definition) is 0. The average molecular weight is 275 g/mol. The Balaban J connectivity index is 1.93. The Labute approximate surface area is 117 Å². The zero-order chi connectivity index (χ0) is 13.7. The van der Waals surface area contributed by atoms with Gasteiger partial charge in [0.1, 0.15) is 5.75 Å². The monoisotopic (exact) mass is 275 g/mol. The van der Waals surface area contributed by atoms with Gasteiger partial charge >= 0.3 is 0 Å². The zero-order valence-corrected chi connectivity index (χ0v) is 11.9. The number of ketones is 1. The van der Waals surface area contributed by atoms with Crippen molar-refractivity contribution in [3.05, 3.63) is 52.2 Å². The van der Waals surface area contributed by atoms with Crippen molar-refractivity contribution in [1.29, 1.82) is 0 Å². The van der Waals surface area contributed by atoms with Crippen LogP contribution < -0.4 is 4.74 Å². The Morgan fingerprint density at radius 2 is 2.16 bits per heavy atom. The summed E-state index contributed by atoms with van der Waals surface area (Å²) in [6, 6.07) is 11.7. The Morgan fingerprint density at radius 1 is 1.32 bits per heavy atom. The van der Waals surface area contributed by atoms with Crippen molar-refractivity contribution in [3.63, 3.8) is 0 Å². The third-order valence-electron chi connectivity index (χ3n) is 2.80. The van der Waals surface area contributed by atoms with E-state index in [-0.39, 0.29) is 5.78 Å². The SMILES string of the molecule is COc1cccc(CN(C)CC(=O)c2cccs2)c1. The number of rotatable bonds is 6. The fourth-order valence-electron chi connectivity index (χ4n) is 1.90. The number of likely N-dealkylation sites (N-methyl/N-ethyl adjacent to an activating group) is 1. The van der Waals surface area contributed by atoms with Gasteiger partial charge in [-0.2, -0.15) is 0 Å². The molecule has 0 aliphatic rings. The topological polar surface area (TPSA) is 29.5 Å². The Bertz CT molecular complexity index is 537. The lowest BCUT2D eigenvalue weighted by atomic mass is 10.2. The van der Waals surface area contributed by atoms with Crippen LogP contribution in [0.1, 0.15) is 15.2 Å². The maximum absolute atomic E-state index is 12.0. The first-order valence-corrected chi connectivity index (χ1v) is 6.95. The molecule has 0 N–H and O–H groups in total. The number of carbonyl (C=O) groups excluding carboxylic acids is 1. The summed E-state index contributed by atoms with van der Waals surface area (Å²) in [6.45, 7) is 1.16. The molecule has 0 unspecified atom stereocenters. The summed E-state index contributed by atoms with van der Waals surface area (Å²) in [7, 11) is 3.61. The predicted molar refractivity (Wildman–Crippen MR) is 78.0 cm³/mol. The van der Waals surface area contributed by atoms with E-state index in [9.17, 15) is 4.79 Å². The third kappa shape index (κ3) is 3.91. The van der Waals surface area contributed by atoms with Gasteiger partial charge in [-0.05, 0) is 36.2 Å². The zero-order valence-electron chi connectivity index (χ0n) is 11.1. The molecule has 0 atom stereocenters. The predicted octanol–water partition coefficient (Wildman–Crippen LogP) is 3.07. The van der Waals surface area contributed by atoms with Crippen molar-refractivity contribution in [2.75, 3.05) is 20.7 Å². The lowest BCUT2D eigenvalue weighted by Gasteiger charge is -2.15. The summed E-state index contributed by atoms with van der Waals surface area (Å²) in [5.74, 6) is 1.01. The molecule has 4 heteroatoms. The van der Waals surface area contributed by atoms with Crippen LogP contribution in [0.25, 0.3) is 0 Å². The van der Waals surface area contributed by atoms with E-state index >= 15 is 0 Å². The van der Waals surface area contributed by atoms with Crippen molar-refractivity contribution in [1.82, 2.24) is 4.90 Å². The van der Waals surface area contributed by atoms with Crippen molar-refractivity contribution in [2.24, 2.45) is 0 Å². The Morgan fingerprint density at radius 3 is 2.84 bits per heavy atom. The molecule has 1 heterocycles. The summed E-state index contributed by atoms with van der Waals surface area (Å²) >= 11 is 1.49. The molecule has 3 nitrogen and oxygen atoms in total. The van der Waals surface area contributed by atoms with Gasteiger partial charge in [0.05, 0.1) is 18.5 Å². The molecule has 0 aliphatic heterocycles. The van der Waals surface area contributed by atoms with Gasteiger partial charge in [-0.15, -0.1) is 11.3 Å². The number of Topliss-reactive ketones (excluding diaryl/α,β-unsaturated/α-hetero) is 1. The van der Waals surface area contributed by atoms with Crippen LogP contribution in [0.4, 0.5) is 0 Å². The smallest absolute Gasteiger partial charge is 0.186 e. The highest BCUT2D eigenvalue weighted by Crippen LogP contribution is 2.15. The van der Waals surface area contributed by atoms with E-state index in [0.717, 1.165) is 22.7 Å². The molecule has 0 aliphatic carbocycles. The highest BCUT2D eigenvalue weighted by atomic mass is 32.1. The summed E-state index contributed by atoms with van der Waals surface area (Å²) < 4.78 is 5.19. The molecule has 0 amide bonds. The van der Waals surface area contributed by atoms with E-state index < -0.39 is 0 Å². The van der Waals surface area contributed by atoms with E-state index in [1.807, 2.05) is 53.7 Å². The van der Waals surface area contributed by atoms with Crippen LogP contribution in [0, 0.1) is 0 Å². The van der Waals surface area contributed by atoms with Gasteiger partial charge in [0, 0.05) is 6.54 Å². The minimum atomic E-state index is 0.167. The highest BCUT2D eigenvalue weighted by molar-refractivity contribution is 7.12. The number of hydrogen-bond acceptors (Lipinski definition) is 4. The summed E-state index contributed by atoms with van der Waals surface area (Å²) in [5, 5.41) is 1.93. The maximum Gasteiger partial charge on any atom is 0.186 e. The number of nitrogens with zero attached hydrogens (tertiary/aromatic N) is 1. The first-order chi connectivity index (χ1) is 9.19. The lowest BCUT2D eigenvalue weighted by molar-refractivity contribution is 0.0947. The summed E-state index contributed by atoms with van der Waals surface area (Å²) in [6.07, 6.45) is 0. The quantitative estimate of drug-likeness (QED) is 0.759. The van der Waals surface area contributed by atoms with Crippen molar-refractivity contribution in [2.45, 2.75) is 6.54 Å². The molecule has 0 saturated carbocycles. The van der Waals surface area contributed by atoms with Gasteiger partial charge in [0.2, 0.25) is 0 Å².